The number of nitrogens with two attached hydrogens (primary N) is 1. The molecule has 4 aromatic rings. The highest BCUT2D eigenvalue weighted by Gasteiger charge is 2.21. The molecule has 0 saturated carbocycles. The van der Waals surface area contributed by atoms with E-state index in [-0.39, 0.29) is 0 Å². The van der Waals surface area contributed by atoms with E-state index < -0.39 is 18.5 Å². The number of hydrogen-bond donors (Lipinski definition) is 2. The molecular weight excluding hydrogens is 440 g/mol. The lowest BCUT2D eigenvalue weighted by Gasteiger charge is -2.13. The molecule has 0 spiro atoms. The van der Waals surface area contributed by atoms with E-state index in [1.807, 2.05) is 18.2 Å². The number of primary amides is 1. The van der Waals surface area contributed by atoms with Crippen molar-refractivity contribution in [3.05, 3.63) is 76.3 Å². The minimum Gasteiger partial charge on any atom is -0.481 e. The number of carboxylic acids is 1. The predicted molar refractivity (Wildman–Crippen MR) is 139 cm³/mol. The van der Waals surface area contributed by atoms with Gasteiger partial charge in [-0.1, -0.05) is 49.6 Å². The number of benzene rings is 3. The van der Waals surface area contributed by atoms with Crippen LogP contribution in [0.1, 0.15) is 58.8 Å². The zero-order valence-corrected chi connectivity index (χ0v) is 20.6. The molecule has 35 heavy (non-hydrogen) atoms. The van der Waals surface area contributed by atoms with Crippen molar-refractivity contribution in [2.45, 2.75) is 53.0 Å². The quantitative estimate of drug-likeness (QED) is 0.287. The van der Waals surface area contributed by atoms with Crippen LogP contribution in [0.25, 0.3) is 21.8 Å². The van der Waals surface area contributed by atoms with Crippen LogP contribution in [-0.2, 0) is 17.8 Å². The summed E-state index contributed by atoms with van der Waals surface area (Å²) in [5, 5.41) is 10.7. The average molecular weight is 473 g/mol. The number of fused-ring (bicyclic) bond motifs is 3. The molecule has 0 aliphatic heterocycles. The number of rotatable bonds is 10. The number of aromatic nitrogens is 1. The zero-order chi connectivity index (χ0) is 25.1. The molecule has 1 aromatic heterocycles. The second-order valence-corrected chi connectivity index (χ2v) is 9.21. The maximum absolute atomic E-state index is 12.4. The Morgan fingerprint density at radius 3 is 2.49 bits per heavy atom. The van der Waals surface area contributed by atoms with E-state index in [2.05, 4.69) is 49.6 Å². The summed E-state index contributed by atoms with van der Waals surface area (Å²) in [5.74, 6) is -1.12. The number of carbonyl (C=O) groups excluding carboxylic acids is 1. The van der Waals surface area contributed by atoms with Gasteiger partial charge in [0, 0.05) is 17.5 Å². The predicted octanol–water partition coefficient (Wildman–Crippen LogP) is 5.75. The van der Waals surface area contributed by atoms with Crippen molar-refractivity contribution in [1.29, 1.82) is 0 Å². The van der Waals surface area contributed by atoms with Crippen molar-refractivity contribution in [2.75, 3.05) is 6.61 Å². The fraction of sp³-hybridized carbons (Fsp3) is 0.310. The van der Waals surface area contributed by atoms with E-state index in [1.165, 1.54) is 16.7 Å². The van der Waals surface area contributed by atoms with Gasteiger partial charge in [0.1, 0.15) is 5.75 Å². The standard InChI is InChI=1S/C29H32N2O4/c1-4-5-6-8-20-14-24-28(25(15-20)35-17-26(32)33)27-22(29(30)34)9-7-10-23(27)31(24)16-21-12-11-18(2)13-19(21)3/h7,9-15H,4-6,8,16-17H2,1-3H3,(H2,30,34)(H,32,33). The lowest BCUT2D eigenvalue weighted by Crippen LogP contribution is -2.12. The third-order valence-electron chi connectivity index (χ3n) is 6.53. The summed E-state index contributed by atoms with van der Waals surface area (Å²) in [5.41, 5.74) is 12.6. The maximum atomic E-state index is 12.4. The molecule has 0 saturated heterocycles. The van der Waals surface area contributed by atoms with Crippen LogP contribution >= 0.6 is 0 Å². The van der Waals surface area contributed by atoms with Gasteiger partial charge >= 0.3 is 5.97 Å². The van der Waals surface area contributed by atoms with Crippen LogP contribution in [0.2, 0.25) is 0 Å². The normalized spacial score (nSPS) is 11.3. The monoisotopic (exact) mass is 472 g/mol. The minimum atomic E-state index is -1.05. The van der Waals surface area contributed by atoms with Gasteiger partial charge in [-0.15, -0.1) is 0 Å². The van der Waals surface area contributed by atoms with Crippen LogP contribution in [0.4, 0.5) is 0 Å². The smallest absolute Gasteiger partial charge is 0.341 e. The first-order valence-electron chi connectivity index (χ1n) is 12.1. The topological polar surface area (TPSA) is 94.6 Å². The molecule has 1 amide bonds. The van der Waals surface area contributed by atoms with Gasteiger partial charge in [0.15, 0.2) is 6.61 Å². The van der Waals surface area contributed by atoms with Crippen molar-refractivity contribution >= 4 is 33.7 Å². The average Bonchev–Trinajstić information content (AvgIpc) is 3.13. The van der Waals surface area contributed by atoms with Crippen LogP contribution in [0.5, 0.6) is 5.75 Å². The number of hydrogen-bond acceptors (Lipinski definition) is 3. The van der Waals surface area contributed by atoms with Crippen LogP contribution in [0.3, 0.4) is 0 Å². The Bertz CT molecular complexity index is 1420. The van der Waals surface area contributed by atoms with E-state index in [9.17, 15) is 14.7 Å². The van der Waals surface area contributed by atoms with Gasteiger partial charge in [0.25, 0.3) is 0 Å². The number of aryl methyl sites for hydroxylation is 3. The van der Waals surface area contributed by atoms with Gasteiger partial charge in [-0.05, 0) is 67.6 Å². The highest BCUT2D eigenvalue weighted by molar-refractivity contribution is 6.20. The number of aliphatic carboxylic acids is 1. The van der Waals surface area contributed by atoms with Gasteiger partial charge in [-0.25, -0.2) is 4.79 Å². The Morgan fingerprint density at radius 1 is 1.00 bits per heavy atom. The van der Waals surface area contributed by atoms with Crippen molar-refractivity contribution < 1.29 is 19.4 Å². The fourth-order valence-electron chi connectivity index (χ4n) is 4.82. The third kappa shape index (κ3) is 5.02. The number of ether oxygens (including phenoxy) is 1. The van der Waals surface area contributed by atoms with Crippen LogP contribution < -0.4 is 10.5 Å². The molecule has 182 valence electrons. The summed E-state index contributed by atoms with van der Waals surface area (Å²) in [6.45, 7) is 6.48. The Labute approximate surface area is 205 Å². The summed E-state index contributed by atoms with van der Waals surface area (Å²) >= 11 is 0. The number of nitrogens with zero attached hydrogens (tertiary/aromatic N) is 1. The molecule has 0 unspecified atom stereocenters. The van der Waals surface area contributed by atoms with Gasteiger partial charge < -0.3 is 20.1 Å². The SMILES string of the molecule is CCCCCc1cc(OCC(=O)O)c2c3c(C(N)=O)cccc3n(Cc3ccc(C)cc3C)c2c1. The summed E-state index contributed by atoms with van der Waals surface area (Å²) in [7, 11) is 0. The Morgan fingerprint density at radius 2 is 1.80 bits per heavy atom. The van der Waals surface area contributed by atoms with E-state index in [0.29, 0.717) is 23.2 Å². The second kappa shape index (κ2) is 10.2. The van der Waals surface area contributed by atoms with Crippen molar-refractivity contribution in [2.24, 2.45) is 5.73 Å². The van der Waals surface area contributed by atoms with Crippen molar-refractivity contribution in [3.8, 4) is 5.75 Å². The zero-order valence-electron chi connectivity index (χ0n) is 20.6. The van der Waals surface area contributed by atoms with Gasteiger partial charge in [0.2, 0.25) is 5.91 Å². The Balaban J connectivity index is 2.02. The molecule has 0 radical (unpaired) electrons. The number of carbonyl (C=O) groups is 2. The maximum Gasteiger partial charge on any atom is 0.341 e. The van der Waals surface area contributed by atoms with Gasteiger partial charge in [-0.3, -0.25) is 4.79 Å². The van der Waals surface area contributed by atoms with Crippen LogP contribution in [-0.4, -0.2) is 28.2 Å². The summed E-state index contributed by atoms with van der Waals surface area (Å²) in [4.78, 5) is 23.8. The fourth-order valence-corrected chi connectivity index (χ4v) is 4.82. The van der Waals surface area contributed by atoms with E-state index in [1.54, 1.807) is 6.07 Å². The second-order valence-electron chi connectivity index (χ2n) is 9.21. The molecular formula is C29H32N2O4. The van der Waals surface area contributed by atoms with Crippen LogP contribution in [0, 0.1) is 13.8 Å². The van der Waals surface area contributed by atoms with E-state index in [4.69, 9.17) is 10.5 Å². The summed E-state index contributed by atoms with van der Waals surface area (Å²) in [6, 6.07) is 16.0. The third-order valence-corrected chi connectivity index (χ3v) is 6.53. The molecule has 0 aliphatic carbocycles. The highest BCUT2D eigenvalue weighted by atomic mass is 16.5. The lowest BCUT2D eigenvalue weighted by atomic mass is 10.0. The van der Waals surface area contributed by atoms with Gasteiger partial charge in [-0.2, -0.15) is 0 Å². The number of amides is 1. The molecule has 0 atom stereocenters. The Hall–Kier alpha value is -3.80. The minimum absolute atomic E-state index is 0.394. The van der Waals surface area contributed by atoms with Crippen LogP contribution in [0.15, 0.2) is 48.5 Å². The largest absolute Gasteiger partial charge is 0.481 e. The molecule has 1 heterocycles. The first-order chi connectivity index (χ1) is 16.8. The molecule has 6 heteroatoms. The van der Waals surface area contributed by atoms with Crippen molar-refractivity contribution in [3.63, 3.8) is 0 Å². The molecule has 6 nitrogen and oxygen atoms in total. The molecule has 3 N–H and O–H groups in total. The number of unbranched alkanes of at least 4 members (excludes halogenated alkanes) is 2. The summed E-state index contributed by atoms with van der Waals surface area (Å²) < 4.78 is 7.99. The first kappa shape index (κ1) is 24.3. The van der Waals surface area contributed by atoms with Gasteiger partial charge in [0.05, 0.1) is 16.4 Å². The lowest BCUT2D eigenvalue weighted by molar-refractivity contribution is -0.139. The van der Waals surface area contributed by atoms with E-state index >= 15 is 0 Å². The summed E-state index contributed by atoms with van der Waals surface area (Å²) in [6.07, 6.45) is 4.12. The first-order valence-corrected chi connectivity index (χ1v) is 12.1. The van der Waals surface area contributed by atoms with E-state index in [0.717, 1.165) is 47.7 Å². The molecule has 0 fully saturated rings. The highest BCUT2D eigenvalue weighted by Crippen LogP contribution is 2.39. The molecule has 0 bridgehead atoms. The molecule has 0 aliphatic rings. The van der Waals surface area contributed by atoms with Crippen molar-refractivity contribution in [1.82, 2.24) is 4.57 Å². The Kier molecular flexibility index (Phi) is 7.10. The molecule has 3 aromatic carbocycles. The number of carboxylic acid groups (broad SMARTS) is 1. The molecule has 4 rings (SSSR count).